The highest BCUT2D eigenvalue weighted by atomic mass is 79.9. The number of furan rings is 1. The van der Waals surface area contributed by atoms with Gasteiger partial charge in [-0.2, -0.15) is 0 Å². The molecule has 19 heavy (non-hydrogen) atoms. The summed E-state index contributed by atoms with van der Waals surface area (Å²) in [6.45, 7) is 1.20. The number of hydrogen-bond acceptors (Lipinski definition) is 4. The number of rotatable bonds is 4. The SMILES string of the molecule is CS(=O)(=O)N1CCCC(CC(N)c2ccoc2Br)C1. The van der Waals surface area contributed by atoms with Gasteiger partial charge in [-0.05, 0) is 47.2 Å². The molecular formula is C12H19BrN2O3S. The van der Waals surface area contributed by atoms with Gasteiger partial charge in [0.15, 0.2) is 4.67 Å². The number of piperidine rings is 1. The van der Waals surface area contributed by atoms with Gasteiger partial charge in [0.05, 0.1) is 12.5 Å². The minimum Gasteiger partial charge on any atom is -0.457 e. The summed E-state index contributed by atoms with van der Waals surface area (Å²) in [6, 6.07) is 1.73. The second kappa shape index (κ2) is 5.95. The van der Waals surface area contributed by atoms with Crippen molar-refractivity contribution in [1.82, 2.24) is 4.31 Å². The van der Waals surface area contributed by atoms with Crippen molar-refractivity contribution in [3.05, 3.63) is 22.6 Å². The van der Waals surface area contributed by atoms with Gasteiger partial charge >= 0.3 is 0 Å². The molecule has 2 heterocycles. The molecule has 0 aromatic carbocycles. The van der Waals surface area contributed by atoms with Gasteiger partial charge in [0.25, 0.3) is 0 Å². The van der Waals surface area contributed by atoms with Gasteiger partial charge in [-0.15, -0.1) is 0 Å². The van der Waals surface area contributed by atoms with Gasteiger partial charge in [0, 0.05) is 24.7 Å². The first-order valence-corrected chi connectivity index (χ1v) is 8.95. The molecule has 1 aliphatic heterocycles. The number of hydrogen-bond donors (Lipinski definition) is 1. The van der Waals surface area contributed by atoms with Crippen LogP contribution in [0.15, 0.2) is 21.4 Å². The maximum atomic E-state index is 11.6. The molecule has 2 rings (SSSR count). The van der Waals surface area contributed by atoms with E-state index in [2.05, 4.69) is 15.9 Å². The zero-order valence-electron chi connectivity index (χ0n) is 10.9. The minimum atomic E-state index is -3.09. The van der Waals surface area contributed by atoms with Crippen LogP contribution in [0, 0.1) is 5.92 Å². The van der Waals surface area contributed by atoms with E-state index in [1.54, 1.807) is 10.6 Å². The van der Waals surface area contributed by atoms with Crippen LogP contribution in [0.25, 0.3) is 0 Å². The van der Waals surface area contributed by atoms with Crippen LogP contribution in [-0.2, 0) is 10.0 Å². The van der Waals surface area contributed by atoms with E-state index in [4.69, 9.17) is 10.2 Å². The summed E-state index contributed by atoms with van der Waals surface area (Å²) in [5.41, 5.74) is 7.11. The zero-order chi connectivity index (χ0) is 14.0. The Labute approximate surface area is 122 Å². The molecule has 1 aromatic heterocycles. The van der Waals surface area contributed by atoms with E-state index in [1.165, 1.54) is 6.26 Å². The number of nitrogens with two attached hydrogens (primary N) is 1. The highest BCUT2D eigenvalue weighted by Gasteiger charge is 2.27. The molecule has 7 heteroatoms. The molecule has 2 N–H and O–H groups in total. The van der Waals surface area contributed by atoms with Crippen LogP contribution in [0.4, 0.5) is 0 Å². The van der Waals surface area contributed by atoms with Crippen LogP contribution < -0.4 is 5.73 Å². The Hall–Kier alpha value is -0.370. The fourth-order valence-electron chi connectivity index (χ4n) is 2.58. The topological polar surface area (TPSA) is 76.5 Å². The van der Waals surface area contributed by atoms with E-state index in [9.17, 15) is 8.42 Å². The Balaban J connectivity index is 1.98. The van der Waals surface area contributed by atoms with Crippen molar-refractivity contribution in [2.75, 3.05) is 19.3 Å². The second-order valence-electron chi connectivity index (χ2n) is 5.12. The molecule has 2 atom stereocenters. The quantitative estimate of drug-likeness (QED) is 0.901. The lowest BCUT2D eigenvalue weighted by atomic mass is 9.91. The Kier molecular flexibility index (Phi) is 4.70. The second-order valence-corrected chi connectivity index (χ2v) is 7.82. The van der Waals surface area contributed by atoms with Gasteiger partial charge in [-0.25, -0.2) is 12.7 Å². The van der Waals surface area contributed by atoms with Crippen LogP contribution in [0.1, 0.15) is 30.9 Å². The maximum Gasteiger partial charge on any atom is 0.211 e. The lowest BCUT2D eigenvalue weighted by molar-refractivity contribution is 0.246. The Bertz CT molecular complexity index is 529. The molecule has 5 nitrogen and oxygen atoms in total. The lowest BCUT2D eigenvalue weighted by Crippen LogP contribution is -2.40. The summed E-state index contributed by atoms with van der Waals surface area (Å²) in [7, 11) is -3.09. The average Bonchev–Trinajstić information content (AvgIpc) is 2.75. The molecule has 0 spiro atoms. The van der Waals surface area contributed by atoms with Gasteiger partial charge < -0.3 is 10.2 Å². The van der Waals surface area contributed by atoms with Crippen molar-refractivity contribution in [3.8, 4) is 0 Å². The highest BCUT2D eigenvalue weighted by molar-refractivity contribution is 9.10. The monoisotopic (exact) mass is 350 g/mol. The smallest absolute Gasteiger partial charge is 0.211 e. The summed E-state index contributed by atoms with van der Waals surface area (Å²) in [4.78, 5) is 0. The number of nitrogens with zero attached hydrogens (tertiary/aromatic N) is 1. The molecule has 1 aromatic rings. The first-order chi connectivity index (χ1) is 8.88. The summed E-state index contributed by atoms with van der Waals surface area (Å²) in [5, 5.41) is 0. The van der Waals surface area contributed by atoms with Gasteiger partial charge in [-0.3, -0.25) is 0 Å². The standard InChI is InChI=1S/C12H19BrN2O3S/c1-19(16,17)15-5-2-3-9(8-15)7-11(14)10-4-6-18-12(10)13/h4,6,9,11H,2-3,5,7-8,14H2,1H3. The molecule has 108 valence electrons. The molecule has 1 saturated heterocycles. The predicted molar refractivity (Wildman–Crippen MR) is 77.1 cm³/mol. The van der Waals surface area contributed by atoms with E-state index in [0.717, 1.165) is 24.8 Å². The van der Waals surface area contributed by atoms with Crippen LogP contribution >= 0.6 is 15.9 Å². The Morgan fingerprint density at radius 3 is 2.95 bits per heavy atom. The third-order valence-corrected chi connectivity index (χ3v) is 5.50. The Morgan fingerprint density at radius 2 is 2.37 bits per heavy atom. The lowest BCUT2D eigenvalue weighted by Gasteiger charge is -2.32. The van der Waals surface area contributed by atoms with Crippen molar-refractivity contribution in [1.29, 1.82) is 0 Å². The van der Waals surface area contributed by atoms with Crippen molar-refractivity contribution >= 4 is 26.0 Å². The van der Waals surface area contributed by atoms with Crippen molar-refractivity contribution < 1.29 is 12.8 Å². The van der Waals surface area contributed by atoms with Crippen molar-refractivity contribution in [2.24, 2.45) is 11.7 Å². The van der Waals surface area contributed by atoms with Crippen molar-refractivity contribution in [3.63, 3.8) is 0 Å². The van der Waals surface area contributed by atoms with E-state index in [1.807, 2.05) is 6.07 Å². The Morgan fingerprint density at radius 1 is 1.63 bits per heavy atom. The molecule has 0 radical (unpaired) electrons. The average molecular weight is 351 g/mol. The third-order valence-electron chi connectivity index (χ3n) is 3.58. The van der Waals surface area contributed by atoms with Crippen LogP contribution in [-0.4, -0.2) is 32.1 Å². The van der Waals surface area contributed by atoms with E-state index in [0.29, 0.717) is 23.7 Å². The third kappa shape index (κ3) is 3.81. The fraction of sp³-hybridized carbons (Fsp3) is 0.667. The normalized spacial score (nSPS) is 23.4. The number of halogens is 1. The van der Waals surface area contributed by atoms with E-state index < -0.39 is 10.0 Å². The molecule has 0 bridgehead atoms. The van der Waals surface area contributed by atoms with Crippen LogP contribution in [0.3, 0.4) is 0 Å². The van der Waals surface area contributed by atoms with Gasteiger partial charge in [-0.1, -0.05) is 0 Å². The predicted octanol–water partition coefficient (Wildman–Crippen LogP) is 2.10. The van der Waals surface area contributed by atoms with Gasteiger partial charge in [0.1, 0.15) is 0 Å². The van der Waals surface area contributed by atoms with Crippen LogP contribution in [0.2, 0.25) is 0 Å². The van der Waals surface area contributed by atoms with Crippen molar-refractivity contribution in [2.45, 2.75) is 25.3 Å². The van der Waals surface area contributed by atoms with E-state index in [-0.39, 0.29) is 6.04 Å². The summed E-state index contributed by atoms with van der Waals surface area (Å²) >= 11 is 3.32. The number of sulfonamides is 1. The molecule has 2 unspecified atom stereocenters. The molecular weight excluding hydrogens is 332 g/mol. The van der Waals surface area contributed by atoms with E-state index >= 15 is 0 Å². The van der Waals surface area contributed by atoms with Gasteiger partial charge in [0.2, 0.25) is 10.0 Å². The first kappa shape index (κ1) is 15.0. The summed E-state index contributed by atoms with van der Waals surface area (Å²) < 4.78 is 30.5. The molecule has 0 aliphatic carbocycles. The maximum absolute atomic E-state index is 11.6. The molecule has 1 fully saturated rings. The first-order valence-electron chi connectivity index (χ1n) is 6.31. The zero-order valence-corrected chi connectivity index (χ0v) is 13.3. The fourth-order valence-corrected chi connectivity index (χ4v) is 4.05. The largest absolute Gasteiger partial charge is 0.457 e. The highest BCUT2D eigenvalue weighted by Crippen LogP contribution is 2.30. The van der Waals surface area contributed by atoms with Crippen LogP contribution in [0.5, 0.6) is 0 Å². The molecule has 0 amide bonds. The molecule has 1 aliphatic rings. The summed E-state index contributed by atoms with van der Waals surface area (Å²) in [5.74, 6) is 0.306. The summed E-state index contributed by atoms with van der Waals surface area (Å²) in [6.07, 6.45) is 5.56. The molecule has 0 saturated carbocycles. The minimum absolute atomic E-state index is 0.127.